The number of carbonyl (C=O) groups excluding carboxylic acids is 2. The summed E-state index contributed by atoms with van der Waals surface area (Å²) in [6.07, 6.45) is 16.7. The van der Waals surface area contributed by atoms with E-state index in [1.54, 1.807) is 18.2 Å². The lowest BCUT2D eigenvalue weighted by Gasteiger charge is -2.13. The molecule has 0 aromatic heterocycles. The van der Waals surface area contributed by atoms with Crippen molar-refractivity contribution < 1.29 is 23.8 Å². The zero-order chi connectivity index (χ0) is 24.2. The Morgan fingerprint density at radius 2 is 1.06 bits per heavy atom. The minimum atomic E-state index is -0.304. The molecule has 0 fully saturated rings. The lowest BCUT2D eigenvalue weighted by atomic mass is 10.1. The van der Waals surface area contributed by atoms with Crippen LogP contribution < -0.4 is 14.2 Å². The number of benzene rings is 1. The Hall–Kier alpha value is -2.04. The van der Waals surface area contributed by atoms with Crippen LogP contribution in [0.4, 0.5) is 0 Å². The highest BCUT2D eigenvalue weighted by Crippen LogP contribution is 2.32. The molecular formula is C28H46O5. The fourth-order valence-electron chi connectivity index (χ4n) is 3.71. The lowest BCUT2D eigenvalue weighted by molar-refractivity contribution is -0.137. The predicted octanol–water partition coefficient (Wildman–Crippen LogP) is 8.18. The fourth-order valence-corrected chi connectivity index (χ4v) is 3.71. The molecule has 188 valence electrons. The SMILES string of the molecule is CCCCCCCCCC(=O)Oc1ccc(OCC)cc1OC(=O)CCCCCCCCC. The summed E-state index contributed by atoms with van der Waals surface area (Å²) in [6.45, 7) is 6.81. The molecule has 1 aromatic rings. The molecule has 0 aliphatic heterocycles. The van der Waals surface area contributed by atoms with Crippen molar-refractivity contribution in [3.63, 3.8) is 0 Å². The Balaban J connectivity index is 2.49. The predicted molar refractivity (Wildman–Crippen MR) is 134 cm³/mol. The van der Waals surface area contributed by atoms with Crippen molar-refractivity contribution in [3.8, 4) is 17.2 Å². The topological polar surface area (TPSA) is 61.8 Å². The van der Waals surface area contributed by atoms with Crippen LogP contribution in [-0.2, 0) is 9.59 Å². The smallest absolute Gasteiger partial charge is 0.311 e. The van der Waals surface area contributed by atoms with Crippen LogP contribution in [0.2, 0.25) is 0 Å². The Morgan fingerprint density at radius 3 is 1.55 bits per heavy atom. The van der Waals surface area contributed by atoms with E-state index in [0.717, 1.165) is 38.5 Å². The first-order valence-corrected chi connectivity index (χ1v) is 13.3. The van der Waals surface area contributed by atoms with Gasteiger partial charge in [0.25, 0.3) is 0 Å². The van der Waals surface area contributed by atoms with E-state index < -0.39 is 0 Å². The van der Waals surface area contributed by atoms with Gasteiger partial charge in [-0.05, 0) is 31.9 Å². The first kappa shape index (κ1) is 29.0. The average Bonchev–Trinajstić information content (AvgIpc) is 2.80. The van der Waals surface area contributed by atoms with Crippen molar-refractivity contribution in [1.82, 2.24) is 0 Å². The summed E-state index contributed by atoms with van der Waals surface area (Å²) >= 11 is 0. The highest BCUT2D eigenvalue weighted by molar-refractivity contribution is 5.76. The number of esters is 2. The molecule has 0 N–H and O–H groups in total. The zero-order valence-electron chi connectivity index (χ0n) is 21.3. The number of carbonyl (C=O) groups is 2. The van der Waals surface area contributed by atoms with Gasteiger partial charge in [0.1, 0.15) is 5.75 Å². The molecular weight excluding hydrogens is 416 g/mol. The first-order chi connectivity index (χ1) is 16.1. The van der Waals surface area contributed by atoms with Crippen molar-refractivity contribution in [1.29, 1.82) is 0 Å². The largest absolute Gasteiger partial charge is 0.494 e. The Bertz CT molecular complexity index is 656. The van der Waals surface area contributed by atoms with Gasteiger partial charge in [-0.2, -0.15) is 0 Å². The van der Waals surface area contributed by atoms with Crippen LogP contribution >= 0.6 is 0 Å². The van der Waals surface area contributed by atoms with Crippen molar-refractivity contribution in [2.24, 2.45) is 0 Å². The molecule has 0 saturated carbocycles. The third kappa shape index (κ3) is 14.7. The number of hydrogen-bond acceptors (Lipinski definition) is 5. The van der Waals surface area contributed by atoms with Crippen molar-refractivity contribution in [3.05, 3.63) is 18.2 Å². The molecule has 33 heavy (non-hydrogen) atoms. The summed E-state index contributed by atoms with van der Waals surface area (Å²) in [7, 11) is 0. The van der Waals surface area contributed by atoms with Crippen LogP contribution in [0.25, 0.3) is 0 Å². The Morgan fingerprint density at radius 1 is 0.606 bits per heavy atom. The van der Waals surface area contributed by atoms with E-state index in [1.165, 1.54) is 51.4 Å². The molecule has 1 aromatic carbocycles. The van der Waals surface area contributed by atoms with E-state index in [0.29, 0.717) is 25.2 Å². The summed E-state index contributed by atoms with van der Waals surface area (Å²) in [5.74, 6) is 0.517. The first-order valence-electron chi connectivity index (χ1n) is 13.3. The number of ether oxygens (including phenoxy) is 3. The highest BCUT2D eigenvalue weighted by atomic mass is 16.6. The van der Waals surface area contributed by atoms with Gasteiger partial charge in [0.15, 0.2) is 11.5 Å². The third-order valence-electron chi connectivity index (χ3n) is 5.64. The maximum absolute atomic E-state index is 12.4. The molecule has 0 aliphatic carbocycles. The minimum Gasteiger partial charge on any atom is -0.494 e. The van der Waals surface area contributed by atoms with Gasteiger partial charge >= 0.3 is 11.9 Å². The molecule has 0 amide bonds. The summed E-state index contributed by atoms with van der Waals surface area (Å²) in [6, 6.07) is 5.00. The van der Waals surface area contributed by atoms with Crippen molar-refractivity contribution in [2.45, 2.75) is 124 Å². The fraction of sp³-hybridized carbons (Fsp3) is 0.714. The van der Waals surface area contributed by atoms with Crippen LogP contribution in [0.15, 0.2) is 18.2 Å². The maximum atomic E-state index is 12.4. The second kappa shape index (κ2) is 19.4. The Labute approximate surface area is 201 Å². The summed E-state index contributed by atoms with van der Waals surface area (Å²) in [5, 5.41) is 0. The van der Waals surface area contributed by atoms with E-state index in [4.69, 9.17) is 14.2 Å². The zero-order valence-corrected chi connectivity index (χ0v) is 21.3. The molecule has 5 heteroatoms. The van der Waals surface area contributed by atoms with Gasteiger partial charge in [0, 0.05) is 18.9 Å². The van der Waals surface area contributed by atoms with Gasteiger partial charge < -0.3 is 14.2 Å². The third-order valence-corrected chi connectivity index (χ3v) is 5.64. The highest BCUT2D eigenvalue weighted by Gasteiger charge is 2.15. The van der Waals surface area contributed by atoms with Gasteiger partial charge in [0.2, 0.25) is 0 Å². The molecule has 1 rings (SSSR count). The van der Waals surface area contributed by atoms with Crippen molar-refractivity contribution in [2.75, 3.05) is 6.61 Å². The van der Waals surface area contributed by atoms with Crippen molar-refractivity contribution >= 4 is 11.9 Å². The normalized spacial score (nSPS) is 10.8. The molecule has 0 saturated heterocycles. The Kier molecular flexibility index (Phi) is 17.1. The quantitative estimate of drug-likeness (QED) is 0.111. The van der Waals surface area contributed by atoms with Crippen LogP contribution in [0.1, 0.15) is 124 Å². The number of hydrogen-bond donors (Lipinski definition) is 0. The van der Waals surface area contributed by atoms with Crippen LogP contribution in [-0.4, -0.2) is 18.5 Å². The number of unbranched alkanes of at least 4 members (excludes halogenated alkanes) is 12. The second-order valence-corrected chi connectivity index (χ2v) is 8.73. The minimum absolute atomic E-state index is 0.252. The van der Waals surface area contributed by atoms with Gasteiger partial charge in [-0.1, -0.05) is 90.9 Å². The average molecular weight is 463 g/mol. The summed E-state index contributed by atoms with van der Waals surface area (Å²) in [5.41, 5.74) is 0. The number of rotatable bonds is 20. The summed E-state index contributed by atoms with van der Waals surface area (Å²) < 4.78 is 16.6. The van der Waals surface area contributed by atoms with Gasteiger partial charge in [-0.15, -0.1) is 0 Å². The summed E-state index contributed by atoms with van der Waals surface area (Å²) in [4.78, 5) is 24.7. The standard InChI is InChI=1S/C28H46O5/c1-4-7-9-11-13-15-17-19-27(29)32-25-22-21-24(31-6-3)23-26(25)33-28(30)20-18-16-14-12-10-8-5-2/h21-23H,4-20H2,1-3H3. The van der Waals surface area contributed by atoms with E-state index in [-0.39, 0.29) is 23.4 Å². The van der Waals surface area contributed by atoms with Crippen LogP contribution in [0, 0.1) is 0 Å². The monoisotopic (exact) mass is 462 g/mol. The van der Waals surface area contributed by atoms with Crippen LogP contribution in [0.5, 0.6) is 17.2 Å². The molecule has 0 heterocycles. The molecule has 0 atom stereocenters. The maximum Gasteiger partial charge on any atom is 0.311 e. The van der Waals surface area contributed by atoms with Gasteiger partial charge in [0.05, 0.1) is 6.61 Å². The molecule has 0 unspecified atom stereocenters. The van der Waals surface area contributed by atoms with Gasteiger partial charge in [-0.25, -0.2) is 0 Å². The molecule has 0 aliphatic rings. The molecule has 0 spiro atoms. The van der Waals surface area contributed by atoms with E-state index in [9.17, 15) is 9.59 Å². The van der Waals surface area contributed by atoms with Gasteiger partial charge in [-0.3, -0.25) is 9.59 Å². The molecule has 0 bridgehead atoms. The second-order valence-electron chi connectivity index (χ2n) is 8.73. The van der Waals surface area contributed by atoms with Crippen LogP contribution in [0.3, 0.4) is 0 Å². The van der Waals surface area contributed by atoms with E-state index in [1.807, 2.05) is 6.92 Å². The molecule has 0 radical (unpaired) electrons. The lowest BCUT2D eigenvalue weighted by Crippen LogP contribution is -2.12. The molecule has 5 nitrogen and oxygen atoms in total. The van der Waals surface area contributed by atoms with E-state index >= 15 is 0 Å². The van der Waals surface area contributed by atoms with E-state index in [2.05, 4.69) is 13.8 Å².